The normalized spacial score (nSPS) is 16.3. The Labute approximate surface area is 105 Å². The number of nitrogens with zero attached hydrogens (tertiary/aromatic N) is 2. The molecule has 5 heteroatoms. The third-order valence-corrected chi connectivity index (χ3v) is 3.18. The van der Waals surface area contributed by atoms with Crippen molar-refractivity contribution in [2.45, 2.75) is 12.8 Å². The smallest absolute Gasteiger partial charge is 0.257 e. The van der Waals surface area contributed by atoms with Crippen LogP contribution in [0.2, 0.25) is 0 Å². The molecule has 94 valence electrons. The Morgan fingerprint density at radius 1 is 1.33 bits per heavy atom. The fourth-order valence-electron chi connectivity index (χ4n) is 2.08. The van der Waals surface area contributed by atoms with E-state index < -0.39 is 0 Å². The van der Waals surface area contributed by atoms with Crippen molar-refractivity contribution in [1.82, 2.24) is 4.90 Å². The summed E-state index contributed by atoms with van der Waals surface area (Å²) in [7, 11) is 0. The summed E-state index contributed by atoms with van der Waals surface area (Å²) in [6.45, 7) is 1.01. The van der Waals surface area contributed by atoms with Gasteiger partial charge in [0.1, 0.15) is 11.5 Å². The van der Waals surface area contributed by atoms with E-state index in [4.69, 9.17) is 5.26 Å². The Kier molecular flexibility index (Phi) is 3.38. The van der Waals surface area contributed by atoms with Crippen molar-refractivity contribution in [3.8, 4) is 17.6 Å². The Morgan fingerprint density at radius 2 is 2.00 bits per heavy atom. The number of hydrogen-bond acceptors (Lipinski definition) is 4. The van der Waals surface area contributed by atoms with Crippen LogP contribution in [0.15, 0.2) is 18.2 Å². The zero-order valence-electron chi connectivity index (χ0n) is 9.83. The van der Waals surface area contributed by atoms with Crippen LogP contribution in [-0.2, 0) is 0 Å². The Hall–Kier alpha value is -2.22. The van der Waals surface area contributed by atoms with Crippen LogP contribution in [0.3, 0.4) is 0 Å². The number of nitriles is 1. The Bertz CT molecular complexity index is 499. The lowest BCUT2D eigenvalue weighted by molar-refractivity contribution is 0.0704. The molecule has 18 heavy (non-hydrogen) atoms. The first-order valence-electron chi connectivity index (χ1n) is 5.82. The van der Waals surface area contributed by atoms with Gasteiger partial charge in [-0.05, 0) is 31.0 Å². The average Bonchev–Trinajstić information content (AvgIpc) is 2.41. The highest BCUT2D eigenvalue weighted by Gasteiger charge is 2.25. The fraction of sp³-hybridized carbons (Fsp3) is 0.385. The SMILES string of the molecule is N#CC1CCN(C(=O)c2cc(O)ccc2O)CC1. The zero-order valence-corrected chi connectivity index (χ0v) is 9.83. The van der Waals surface area contributed by atoms with Crippen molar-refractivity contribution in [3.05, 3.63) is 23.8 Å². The first-order valence-corrected chi connectivity index (χ1v) is 5.82. The van der Waals surface area contributed by atoms with Gasteiger partial charge in [-0.3, -0.25) is 4.79 Å². The summed E-state index contributed by atoms with van der Waals surface area (Å²) in [6.07, 6.45) is 1.31. The lowest BCUT2D eigenvalue weighted by atomic mass is 9.98. The molecule has 0 unspecified atom stereocenters. The fourth-order valence-corrected chi connectivity index (χ4v) is 2.08. The minimum atomic E-state index is -0.306. The number of amides is 1. The highest BCUT2D eigenvalue weighted by Crippen LogP contribution is 2.25. The number of carbonyl (C=O) groups is 1. The van der Waals surface area contributed by atoms with Crippen LogP contribution in [0.1, 0.15) is 23.2 Å². The minimum Gasteiger partial charge on any atom is -0.508 e. The molecule has 0 radical (unpaired) electrons. The first-order chi connectivity index (χ1) is 8.61. The number of phenolic OH excluding ortho intramolecular Hbond substituents is 2. The molecule has 1 aliphatic heterocycles. The Balaban J connectivity index is 2.13. The van der Waals surface area contributed by atoms with Crippen LogP contribution >= 0.6 is 0 Å². The van der Waals surface area contributed by atoms with Gasteiger partial charge < -0.3 is 15.1 Å². The molecule has 5 nitrogen and oxygen atoms in total. The van der Waals surface area contributed by atoms with Crippen LogP contribution in [0.25, 0.3) is 0 Å². The summed E-state index contributed by atoms with van der Waals surface area (Å²) < 4.78 is 0. The minimum absolute atomic E-state index is 0.00632. The second-order valence-corrected chi connectivity index (χ2v) is 4.40. The monoisotopic (exact) mass is 246 g/mol. The lowest BCUT2D eigenvalue weighted by Gasteiger charge is -2.29. The number of likely N-dealkylation sites (tertiary alicyclic amines) is 1. The summed E-state index contributed by atoms with van der Waals surface area (Å²) in [5.41, 5.74) is 0.102. The van der Waals surface area contributed by atoms with Gasteiger partial charge in [0, 0.05) is 19.0 Å². The largest absolute Gasteiger partial charge is 0.508 e. The number of benzene rings is 1. The van der Waals surface area contributed by atoms with E-state index in [2.05, 4.69) is 6.07 Å². The van der Waals surface area contributed by atoms with Crippen LogP contribution in [0.5, 0.6) is 11.5 Å². The molecule has 1 aromatic carbocycles. The van der Waals surface area contributed by atoms with Gasteiger partial charge in [0.25, 0.3) is 5.91 Å². The van der Waals surface area contributed by atoms with Crippen molar-refractivity contribution in [3.63, 3.8) is 0 Å². The first kappa shape index (κ1) is 12.2. The van der Waals surface area contributed by atoms with Crippen LogP contribution in [0.4, 0.5) is 0 Å². The molecule has 1 heterocycles. The van der Waals surface area contributed by atoms with Gasteiger partial charge in [-0.25, -0.2) is 0 Å². The van der Waals surface area contributed by atoms with E-state index in [0.717, 1.165) is 0 Å². The number of phenols is 2. The number of aromatic hydroxyl groups is 2. The average molecular weight is 246 g/mol. The molecule has 1 saturated heterocycles. The summed E-state index contributed by atoms with van der Waals surface area (Å²) in [6, 6.07) is 6.08. The van der Waals surface area contributed by atoms with E-state index in [-0.39, 0.29) is 28.9 Å². The van der Waals surface area contributed by atoms with Gasteiger partial charge in [-0.2, -0.15) is 5.26 Å². The van der Waals surface area contributed by atoms with E-state index in [1.807, 2.05) is 0 Å². The number of rotatable bonds is 1. The molecule has 1 aromatic rings. The van der Waals surface area contributed by atoms with Gasteiger partial charge in [0.15, 0.2) is 0 Å². The maximum Gasteiger partial charge on any atom is 0.257 e. The zero-order chi connectivity index (χ0) is 13.1. The van der Waals surface area contributed by atoms with Gasteiger partial charge >= 0.3 is 0 Å². The number of piperidine rings is 1. The third kappa shape index (κ3) is 2.38. The maximum absolute atomic E-state index is 12.1. The van der Waals surface area contributed by atoms with Crippen LogP contribution in [0, 0.1) is 17.2 Å². The standard InChI is InChI=1S/C13H14N2O3/c14-8-9-3-5-15(6-4-9)13(18)11-7-10(16)1-2-12(11)17/h1-2,7,9,16-17H,3-6H2. The van der Waals surface area contributed by atoms with E-state index >= 15 is 0 Å². The molecule has 0 atom stereocenters. The molecular weight excluding hydrogens is 232 g/mol. The lowest BCUT2D eigenvalue weighted by Crippen LogP contribution is -2.38. The summed E-state index contributed by atoms with van der Waals surface area (Å²) >= 11 is 0. The summed E-state index contributed by atoms with van der Waals surface area (Å²) in [5, 5.41) is 27.8. The molecule has 0 spiro atoms. The quantitative estimate of drug-likeness (QED) is 0.735. The van der Waals surface area contributed by atoms with E-state index in [9.17, 15) is 15.0 Å². The molecule has 1 aliphatic rings. The molecule has 0 aliphatic carbocycles. The predicted octanol–water partition coefficient (Wildman–Crippen LogP) is 1.47. The van der Waals surface area contributed by atoms with E-state index in [1.54, 1.807) is 4.90 Å². The van der Waals surface area contributed by atoms with Gasteiger partial charge in [0.05, 0.1) is 11.6 Å². The number of hydrogen-bond donors (Lipinski definition) is 2. The molecular formula is C13H14N2O3. The highest BCUT2D eigenvalue weighted by molar-refractivity contribution is 5.97. The van der Waals surface area contributed by atoms with Crippen molar-refractivity contribution in [2.24, 2.45) is 5.92 Å². The van der Waals surface area contributed by atoms with Crippen LogP contribution < -0.4 is 0 Å². The maximum atomic E-state index is 12.1. The molecule has 1 fully saturated rings. The van der Waals surface area contributed by atoms with E-state index in [0.29, 0.717) is 25.9 Å². The molecule has 0 saturated carbocycles. The van der Waals surface area contributed by atoms with Gasteiger partial charge in [0.2, 0.25) is 0 Å². The van der Waals surface area contributed by atoms with Gasteiger partial charge in [-0.1, -0.05) is 0 Å². The summed E-state index contributed by atoms with van der Waals surface area (Å²) in [4.78, 5) is 13.7. The van der Waals surface area contributed by atoms with Crippen molar-refractivity contribution in [2.75, 3.05) is 13.1 Å². The molecule has 1 amide bonds. The van der Waals surface area contributed by atoms with Crippen molar-refractivity contribution < 1.29 is 15.0 Å². The summed E-state index contributed by atoms with van der Waals surface area (Å²) in [5.74, 6) is -0.491. The molecule has 0 bridgehead atoms. The molecule has 2 N–H and O–H groups in total. The molecule has 2 rings (SSSR count). The topological polar surface area (TPSA) is 84.6 Å². The number of carbonyl (C=O) groups excluding carboxylic acids is 1. The molecule has 0 aromatic heterocycles. The van der Waals surface area contributed by atoms with Crippen molar-refractivity contribution in [1.29, 1.82) is 5.26 Å². The third-order valence-electron chi connectivity index (χ3n) is 3.18. The Morgan fingerprint density at radius 3 is 2.61 bits per heavy atom. The van der Waals surface area contributed by atoms with E-state index in [1.165, 1.54) is 18.2 Å². The van der Waals surface area contributed by atoms with Crippen molar-refractivity contribution >= 4 is 5.91 Å². The van der Waals surface area contributed by atoms with Crippen LogP contribution in [-0.4, -0.2) is 34.1 Å². The predicted molar refractivity (Wildman–Crippen MR) is 64.0 cm³/mol. The second kappa shape index (κ2) is 4.96. The van der Waals surface area contributed by atoms with Gasteiger partial charge in [-0.15, -0.1) is 0 Å². The highest BCUT2D eigenvalue weighted by atomic mass is 16.3. The second-order valence-electron chi connectivity index (χ2n) is 4.40.